The molecule has 0 radical (unpaired) electrons. The first-order valence-corrected chi connectivity index (χ1v) is 5.88. The van der Waals surface area contributed by atoms with Crippen LogP contribution in [0.2, 0.25) is 0 Å². The Morgan fingerprint density at radius 1 is 1.17 bits per heavy atom. The molecule has 0 heterocycles. The molecule has 5 heteroatoms. The number of carbonyl (C=O) groups excluding carboxylic acids is 2. The zero-order valence-corrected chi connectivity index (χ0v) is 10.6. The van der Waals surface area contributed by atoms with E-state index in [1.165, 1.54) is 0 Å². The minimum atomic E-state index is -0.616. The monoisotopic (exact) mass is 249 g/mol. The SMILES string of the molecule is CC(NC(=O)[C@@H](C)N)C(=O)NCc1ccccc1. The zero-order chi connectivity index (χ0) is 13.5. The fraction of sp³-hybridized carbons (Fsp3) is 0.385. The highest BCUT2D eigenvalue weighted by molar-refractivity contribution is 5.89. The maximum absolute atomic E-state index is 11.7. The molecule has 98 valence electrons. The van der Waals surface area contributed by atoms with Gasteiger partial charge in [-0.2, -0.15) is 0 Å². The molecule has 0 saturated carbocycles. The van der Waals surface area contributed by atoms with Gasteiger partial charge in [-0.25, -0.2) is 0 Å². The van der Waals surface area contributed by atoms with Crippen molar-refractivity contribution < 1.29 is 9.59 Å². The van der Waals surface area contributed by atoms with E-state index < -0.39 is 12.1 Å². The Bertz CT molecular complexity index is 404. The van der Waals surface area contributed by atoms with Crippen molar-refractivity contribution in [1.29, 1.82) is 0 Å². The second-order valence-corrected chi connectivity index (χ2v) is 4.22. The van der Waals surface area contributed by atoms with Crippen LogP contribution in [-0.4, -0.2) is 23.9 Å². The summed E-state index contributed by atoms with van der Waals surface area (Å²) in [5.74, 6) is -0.565. The van der Waals surface area contributed by atoms with E-state index in [1.807, 2.05) is 30.3 Å². The standard InChI is InChI=1S/C13H19N3O2/c1-9(14)12(17)16-10(2)13(18)15-8-11-6-4-3-5-7-11/h3-7,9-10H,8,14H2,1-2H3,(H,15,18)(H,16,17)/t9-,10?/m1/s1. The summed E-state index contributed by atoms with van der Waals surface area (Å²) in [6, 6.07) is 8.36. The van der Waals surface area contributed by atoms with Crippen molar-refractivity contribution in [3.63, 3.8) is 0 Å². The molecule has 5 nitrogen and oxygen atoms in total. The van der Waals surface area contributed by atoms with Gasteiger partial charge in [0.15, 0.2) is 0 Å². The quantitative estimate of drug-likeness (QED) is 0.694. The molecular formula is C13H19N3O2. The van der Waals surface area contributed by atoms with Crippen molar-refractivity contribution in [3.05, 3.63) is 35.9 Å². The number of amides is 2. The first kappa shape index (κ1) is 14.2. The largest absolute Gasteiger partial charge is 0.350 e. The van der Waals surface area contributed by atoms with Crippen LogP contribution < -0.4 is 16.4 Å². The highest BCUT2D eigenvalue weighted by Crippen LogP contribution is 1.97. The summed E-state index contributed by atoms with van der Waals surface area (Å²) in [5, 5.41) is 5.29. The van der Waals surface area contributed by atoms with Gasteiger partial charge in [-0.05, 0) is 19.4 Å². The summed E-state index contributed by atoms with van der Waals surface area (Å²) in [5.41, 5.74) is 6.42. The predicted molar refractivity (Wildman–Crippen MR) is 69.5 cm³/mol. The van der Waals surface area contributed by atoms with Crippen molar-refractivity contribution in [2.75, 3.05) is 0 Å². The second kappa shape index (κ2) is 6.76. The number of nitrogens with one attached hydrogen (secondary N) is 2. The van der Waals surface area contributed by atoms with Crippen LogP contribution in [0.3, 0.4) is 0 Å². The molecule has 1 unspecified atom stereocenters. The minimum Gasteiger partial charge on any atom is -0.350 e. The first-order chi connectivity index (χ1) is 8.50. The molecule has 1 aromatic rings. The second-order valence-electron chi connectivity index (χ2n) is 4.22. The average molecular weight is 249 g/mol. The van der Waals surface area contributed by atoms with E-state index >= 15 is 0 Å². The average Bonchev–Trinajstić information content (AvgIpc) is 2.36. The van der Waals surface area contributed by atoms with Gasteiger partial charge in [0, 0.05) is 6.54 Å². The zero-order valence-electron chi connectivity index (χ0n) is 10.6. The lowest BCUT2D eigenvalue weighted by atomic mass is 10.2. The molecule has 0 aromatic heterocycles. The van der Waals surface area contributed by atoms with Gasteiger partial charge in [0.2, 0.25) is 11.8 Å². The smallest absolute Gasteiger partial charge is 0.242 e. The number of rotatable bonds is 5. The summed E-state index contributed by atoms with van der Waals surface area (Å²) in [4.78, 5) is 23.0. The van der Waals surface area contributed by atoms with Crippen LogP contribution in [0.5, 0.6) is 0 Å². The van der Waals surface area contributed by atoms with Gasteiger partial charge >= 0.3 is 0 Å². The van der Waals surface area contributed by atoms with Crippen molar-refractivity contribution in [2.24, 2.45) is 5.73 Å². The van der Waals surface area contributed by atoms with Gasteiger partial charge in [-0.1, -0.05) is 30.3 Å². The summed E-state index contributed by atoms with van der Waals surface area (Å²) in [7, 11) is 0. The van der Waals surface area contributed by atoms with E-state index in [0.29, 0.717) is 6.54 Å². The fourth-order valence-electron chi connectivity index (χ4n) is 1.35. The van der Waals surface area contributed by atoms with E-state index in [2.05, 4.69) is 10.6 Å². The molecule has 1 rings (SSSR count). The van der Waals surface area contributed by atoms with Crippen LogP contribution in [0.1, 0.15) is 19.4 Å². The number of hydrogen-bond acceptors (Lipinski definition) is 3. The maximum atomic E-state index is 11.7. The van der Waals surface area contributed by atoms with E-state index in [4.69, 9.17) is 5.73 Å². The van der Waals surface area contributed by atoms with E-state index in [9.17, 15) is 9.59 Å². The van der Waals surface area contributed by atoms with Crippen molar-refractivity contribution in [3.8, 4) is 0 Å². The molecule has 0 bridgehead atoms. The third-order valence-corrected chi connectivity index (χ3v) is 2.48. The lowest BCUT2D eigenvalue weighted by Crippen LogP contribution is -2.49. The van der Waals surface area contributed by atoms with Crippen LogP contribution in [0.25, 0.3) is 0 Å². The number of carbonyl (C=O) groups is 2. The molecule has 0 spiro atoms. The molecule has 0 aliphatic carbocycles. The van der Waals surface area contributed by atoms with Crippen LogP contribution in [0.15, 0.2) is 30.3 Å². The third kappa shape index (κ3) is 4.55. The number of nitrogens with two attached hydrogens (primary N) is 1. The molecule has 1 aromatic carbocycles. The first-order valence-electron chi connectivity index (χ1n) is 5.88. The van der Waals surface area contributed by atoms with Crippen LogP contribution in [-0.2, 0) is 16.1 Å². The molecule has 2 amide bonds. The molecule has 2 atom stereocenters. The van der Waals surface area contributed by atoms with Crippen LogP contribution in [0, 0.1) is 0 Å². The summed E-state index contributed by atoms with van der Waals surface area (Å²) in [6.45, 7) is 3.64. The molecule has 0 saturated heterocycles. The predicted octanol–water partition coefficient (Wildman–Crippen LogP) is 0.155. The highest BCUT2D eigenvalue weighted by Gasteiger charge is 2.16. The number of benzene rings is 1. The lowest BCUT2D eigenvalue weighted by molar-refractivity contribution is -0.129. The van der Waals surface area contributed by atoms with Gasteiger partial charge in [-0.15, -0.1) is 0 Å². The summed E-state index contributed by atoms with van der Waals surface area (Å²) in [6.07, 6.45) is 0. The van der Waals surface area contributed by atoms with Crippen LogP contribution in [0.4, 0.5) is 0 Å². The molecular weight excluding hydrogens is 230 g/mol. The van der Waals surface area contributed by atoms with E-state index in [1.54, 1.807) is 13.8 Å². The van der Waals surface area contributed by atoms with E-state index in [0.717, 1.165) is 5.56 Å². The Hall–Kier alpha value is -1.88. The van der Waals surface area contributed by atoms with Gasteiger partial charge < -0.3 is 16.4 Å². The summed E-state index contributed by atoms with van der Waals surface area (Å²) < 4.78 is 0. The number of hydrogen-bond donors (Lipinski definition) is 3. The third-order valence-electron chi connectivity index (χ3n) is 2.48. The van der Waals surface area contributed by atoms with Crippen LogP contribution >= 0.6 is 0 Å². The van der Waals surface area contributed by atoms with E-state index in [-0.39, 0.29) is 11.8 Å². The Kier molecular flexibility index (Phi) is 5.32. The normalized spacial score (nSPS) is 13.5. The Morgan fingerprint density at radius 3 is 2.33 bits per heavy atom. The molecule has 0 aliphatic rings. The van der Waals surface area contributed by atoms with Crippen molar-refractivity contribution in [1.82, 2.24) is 10.6 Å². The highest BCUT2D eigenvalue weighted by atomic mass is 16.2. The lowest BCUT2D eigenvalue weighted by Gasteiger charge is -2.15. The minimum absolute atomic E-state index is 0.229. The van der Waals surface area contributed by atoms with Crippen molar-refractivity contribution >= 4 is 11.8 Å². The van der Waals surface area contributed by atoms with Gasteiger partial charge in [0.25, 0.3) is 0 Å². The molecule has 4 N–H and O–H groups in total. The van der Waals surface area contributed by atoms with Gasteiger partial charge in [-0.3, -0.25) is 9.59 Å². The molecule has 0 fully saturated rings. The van der Waals surface area contributed by atoms with Crippen molar-refractivity contribution in [2.45, 2.75) is 32.5 Å². The summed E-state index contributed by atoms with van der Waals surface area (Å²) >= 11 is 0. The maximum Gasteiger partial charge on any atom is 0.242 e. The molecule has 0 aliphatic heterocycles. The van der Waals surface area contributed by atoms with Gasteiger partial charge in [0.1, 0.15) is 6.04 Å². The Labute approximate surface area is 107 Å². The fourth-order valence-corrected chi connectivity index (χ4v) is 1.35. The van der Waals surface area contributed by atoms with Gasteiger partial charge in [0.05, 0.1) is 6.04 Å². The topological polar surface area (TPSA) is 84.2 Å². The Morgan fingerprint density at radius 2 is 1.78 bits per heavy atom. The molecule has 18 heavy (non-hydrogen) atoms. The Balaban J connectivity index is 2.39.